The van der Waals surface area contributed by atoms with Gasteiger partial charge in [-0.05, 0) is 19.1 Å². The first-order valence-electron chi connectivity index (χ1n) is 9.15. The van der Waals surface area contributed by atoms with Crippen molar-refractivity contribution < 1.29 is 14.5 Å². The number of hydrogen-bond acceptors (Lipinski definition) is 2. The Morgan fingerprint density at radius 3 is 2.52 bits per heavy atom. The fourth-order valence-electron chi connectivity index (χ4n) is 3.70. The van der Waals surface area contributed by atoms with E-state index in [-0.39, 0.29) is 18.0 Å². The summed E-state index contributed by atoms with van der Waals surface area (Å²) in [5.74, 6) is 0.0692. The smallest absolute Gasteiger partial charge is 0.317 e. The number of benzene rings is 1. The Hall–Kier alpha value is -2.08. The van der Waals surface area contributed by atoms with E-state index in [4.69, 9.17) is 0 Å². The third kappa shape index (κ3) is 4.12. The van der Waals surface area contributed by atoms with E-state index in [1.54, 1.807) is 4.90 Å². The van der Waals surface area contributed by atoms with Gasteiger partial charge in [0, 0.05) is 44.6 Å². The first-order valence-corrected chi connectivity index (χ1v) is 9.15. The van der Waals surface area contributed by atoms with E-state index in [0.717, 1.165) is 31.6 Å². The molecule has 2 aliphatic heterocycles. The van der Waals surface area contributed by atoms with Crippen molar-refractivity contribution in [3.8, 4) is 0 Å². The molecule has 2 aliphatic rings. The maximum absolute atomic E-state index is 12.6. The summed E-state index contributed by atoms with van der Waals surface area (Å²) in [6.45, 7) is 4.77. The molecule has 136 valence electrons. The SMILES string of the molecule is Cc1ccc(N2C[C@H](NC(=O)N(C)C3CC[NH+](C)CC3)CC2=O)cc1. The van der Waals surface area contributed by atoms with Crippen LogP contribution in [0.5, 0.6) is 0 Å². The molecule has 1 aromatic rings. The van der Waals surface area contributed by atoms with Crippen LogP contribution in [0.2, 0.25) is 0 Å². The molecule has 0 aliphatic carbocycles. The van der Waals surface area contributed by atoms with Crippen LogP contribution < -0.4 is 15.1 Å². The molecule has 25 heavy (non-hydrogen) atoms. The topological polar surface area (TPSA) is 57.1 Å². The van der Waals surface area contributed by atoms with E-state index >= 15 is 0 Å². The first kappa shape index (κ1) is 17.7. The molecule has 0 aromatic heterocycles. The second-order valence-electron chi connectivity index (χ2n) is 7.49. The molecular weight excluding hydrogens is 316 g/mol. The highest BCUT2D eigenvalue weighted by Crippen LogP contribution is 2.22. The van der Waals surface area contributed by atoms with Crippen molar-refractivity contribution in [1.29, 1.82) is 0 Å². The summed E-state index contributed by atoms with van der Waals surface area (Å²) < 4.78 is 0. The van der Waals surface area contributed by atoms with Crippen LogP contribution in [-0.2, 0) is 4.79 Å². The molecule has 2 saturated heterocycles. The van der Waals surface area contributed by atoms with E-state index in [1.165, 1.54) is 10.5 Å². The van der Waals surface area contributed by atoms with Gasteiger partial charge in [-0.2, -0.15) is 0 Å². The number of nitrogens with zero attached hydrogens (tertiary/aromatic N) is 2. The van der Waals surface area contributed by atoms with Crippen LogP contribution in [0.3, 0.4) is 0 Å². The Kier molecular flexibility index (Phi) is 5.27. The number of nitrogens with one attached hydrogen (secondary N) is 2. The number of aryl methyl sites for hydroxylation is 1. The Morgan fingerprint density at radius 1 is 1.24 bits per heavy atom. The lowest BCUT2D eigenvalue weighted by molar-refractivity contribution is -0.885. The van der Waals surface area contributed by atoms with Crippen molar-refractivity contribution >= 4 is 17.6 Å². The van der Waals surface area contributed by atoms with Gasteiger partial charge in [-0.15, -0.1) is 0 Å². The molecule has 3 amide bonds. The number of carbonyl (C=O) groups excluding carboxylic acids is 2. The van der Waals surface area contributed by atoms with Crippen LogP contribution in [0, 0.1) is 6.92 Å². The molecule has 0 unspecified atom stereocenters. The van der Waals surface area contributed by atoms with Crippen LogP contribution >= 0.6 is 0 Å². The van der Waals surface area contributed by atoms with Gasteiger partial charge >= 0.3 is 6.03 Å². The van der Waals surface area contributed by atoms with Gasteiger partial charge in [0.1, 0.15) is 0 Å². The Balaban J connectivity index is 1.55. The molecular formula is C19H29N4O2+. The lowest BCUT2D eigenvalue weighted by Gasteiger charge is -2.33. The van der Waals surface area contributed by atoms with Crippen molar-refractivity contribution in [1.82, 2.24) is 10.2 Å². The zero-order valence-electron chi connectivity index (χ0n) is 15.4. The van der Waals surface area contributed by atoms with E-state index in [1.807, 2.05) is 43.1 Å². The molecule has 1 aromatic carbocycles. The molecule has 6 nitrogen and oxygen atoms in total. The molecule has 2 heterocycles. The fraction of sp³-hybridized carbons (Fsp3) is 0.579. The van der Waals surface area contributed by atoms with Gasteiger partial charge < -0.3 is 20.0 Å². The van der Waals surface area contributed by atoms with Crippen molar-refractivity contribution in [2.24, 2.45) is 0 Å². The maximum atomic E-state index is 12.6. The summed E-state index contributed by atoms with van der Waals surface area (Å²) in [6.07, 6.45) is 2.44. The third-order valence-corrected chi connectivity index (χ3v) is 5.48. The number of amides is 3. The number of rotatable bonds is 3. The average molecular weight is 345 g/mol. The van der Waals surface area contributed by atoms with Gasteiger partial charge in [0.05, 0.1) is 26.2 Å². The molecule has 3 rings (SSSR count). The number of hydrogen-bond donors (Lipinski definition) is 2. The second kappa shape index (κ2) is 7.44. The molecule has 2 N–H and O–H groups in total. The summed E-state index contributed by atoms with van der Waals surface area (Å²) in [4.78, 5) is 30.0. The molecule has 6 heteroatoms. The first-order chi connectivity index (χ1) is 11.9. The van der Waals surface area contributed by atoms with Gasteiger partial charge in [-0.3, -0.25) is 4.79 Å². The molecule has 0 bridgehead atoms. The predicted octanol–water partition coefficient (Wildman–Crippen LogP) is 0.419. The Labute approximate surface area is 149 Å². The third-order valence-electron chi connectivity index (χ3n) is 5.48. The Bertz CT molecular complexity index is 623. The number of urea groups is 1. The quantitative estimate of drug-likeness (QED) is 0.834. The van der Waals surface area contributed by atoms with Crippen LogP contribution in [0.1, 0.15) is 24.8 Å². The highest BCUT2D eigenvalue weighted by Gasteiger charge is 2.33. The summed E-state index contributed by atoms with van der Waals surface area (Å²) in [7, 11) is 4.06. The maximum Gasteiger partial charge on any atom is 0.317 e. The van der Waals surface area contributed by atoms with Crippen molar-refractivity contribution in [2.75, 3.05) is 38.6 Å². The van der Waals surface area contributed by atoms with Gasteiger partial charge in [0.2, 0.25) is 5.91 Å². The van der Waals surface area contributed by atoms with E-state index in [9.17, 15) is 9.59 Å². The van der Waals surface area contributed by atoms with Gasteiger partial charge in [0.15, 0.2) is 0 Å². The minimum absolute atomic E-state index is 0.0619. The zero-order chi connectivity index (χ0) is 18.0. The molecule has 1 atom stereocenters. The monoisotopic (exact) mass is 345 g/mol. The molecule has 0 saturated carbocycles. The standard InChI is InChI=1S/C19H28N4O2/c1-14-4-6-17(7-5-14)23-13-15(12-18(23)24)20-19(25)22(3)16-8-10-21(2)11-9-16/h4-7,15-16H,8-13H2,1-3H3,(H,20,25)/p+1/t15-/m1/s1. The van der Waals surface area contributed by atoms with Crippen LogP contribution in [0.15, 0.2) is 24.3 Å². The summed E-state index contributed by atoms with van der Waals surface area (Å²) in [6, 6.07) is 8.05. The summed E-state index contributed by atoms with van der Waals surface area (Å²) >= 11 is 0. The van der Waals surface area contributed by atoms with Gasteiger partial charge in [-0.1, -0.05) is 17.7 Å². The van der Waals surface area contributed by atoms with Crippen molar-refractivity contribution in [3.05, 3.63) is 29.8 Å². The van der Waals surface area contributed by atoms with Crippen molar-refractivity contribution in [2.45, 2.75) is 38.3 Å². The van der Waals surface area contributed by atoms with Gasteiger partial charge in [0.25, 0.3) is 0 Å². The Morgan fingerprint density at radius 2 is 1.88 bits per heavy atom. The van der Waals surface area contributed by atoms with Crippen LogP contribution in [-0.4, -0.2) is 62.7 Å². The molecule has 0 spiro atoms. The fourth-order valence-corrected chi connectivity index (χ4v) is 3.70. The minimum atomic E-state index is -0.124. The number of anilines is 1. The second-order valence-corrected chi connectivity index (χ2v) is 7.49. The zero-order valence-corrected chi connectivity index (χ0v) is 15.4. The summed E-state index contributed by atoms with van der Waals surface area (Å²) in [5.41, 5.74) is 2.07. The highest BCUT2D eigenvalue weighted by atomic mass is 16.2. The van der Waals surface area contributed by atoms with Crippen LogP contribution in [0.4, 0.5) is 10.5 Å². The van der Waals surface area contributed by atoms with Crippen LogP contribution in [0.25, 0.3) is 0 Å². The highest BCUT2D eigenvalue weighted by molar-refractivity contribution is 5.96. The number of quaternary nitrogens is 1. The van der Waals surface area contributed by atoms with Crippen molar-refractivity contribution in [3.63, 3.8) is 0 Å². The molecule has 0 radical (unpaired) electrons. The number of piperidine rings is 1. The lowest BCUT2D eigenvalue weighted by atomic mass is 10.0. The predicted molar refractivity (Wildman–Crippen MR) is 97.9 cm³/mol. The van der Waals surface area contributed by atoms with E-state index < -0.39 is 0 Å². The molecule has 2 fully saturated rings. The summed E-state index contributed by atoms with van der Waals surface area (Å²) in [5, 5.41) is 3.05. The largest absolute Gasteiger partial charge is 0.337 e. The average Bonchev–Trinajstić information content (AvgIpc) is 2.96. The van der Waals surface area contributed by atoms with E-state index in [0.29, 0.717) is 19.0 Å². The van der Waals surface area contributed by atoms with E-state index in [2.05, 4.69) is 12.4 Å². The minimum Gasteiger partial charge on any atom is -0.337 e. The normalized spacial score (nSPS) is 26.6. The van der Waals surface area contributed by atoms with Gasteiger partial charge in [-0.25, -0.2) is 4.79 Å². The number of likely N-dealkylation sites (tertiary alicyclic amines) is 1. The number of carbonyl (C=O) groups is 2. The lowest BCUT2D eigenvalue weighted by Crippen LogP contribution is -3.10.